The molecule has 2 fully saturated rings. The third-order valence-corrected chi connectivity index (χ3v) is 4.84. The Hall–Kier alpha value is -1.62. The first-order valence-corrected chi connectivity index (χ1v) is 8.06. The first-order chi connectivity index (χ1) is 9.90. The largest absolute Gasteiger partial charge is 0.368 e. The van der Waals surface area contributed by atoms with Crippen LogP contribution in [0.4, 0.5) is 10.8 Å². The Morgan fingerprint density at radius 2 is 1.65 bits per heavy atom. The average Bonchev–Trinajstić information content (AvgIpc) is 3.26. The highest BCUT2D eigenvalue weighted by Crippen LogP contribution is 2.39. The third kappa shape index (κ3) is 2.38. The van der Waals surface area contributed by atoms with Crippen LogP contribution in [0.25, 0.3) is 0 Å². The van der Waals surface area contributed by atoms with Gasteiger partial charge in [-0.3, -0.25) is 0 Å². The predicted molar refractivity (Wildman–Crippen MR) is 82.8 cm³/mol. The molecule has 2 aliphatic rings. The molecule has 1 saturated carbocycles. The number of hydrogen-bond donors (Lipinski definition) is 0. The van der Waals surface area contributed by atoms with Crippen LogP contribution in [-0.4, -0.2) is 35.5 Å². The lowest BCUT2D eigenvalue weighted by Crippen LogP contribution is -2.46. The second kappa shape index (κ2) is 5.05. The van der Waals surface area contributed by atoms with E-state index in [1.165, 1.54) is 18.5 Å². The Balaban J connectivity index is 1.41. The van der Waals surface area contributed by atoms with E-state index in [9.17, 15) is 0 Å². The van der Waals surface area contributed by atoms with E-state index in [4.69, 9.17) is 4.98 Å². The van der Waals surface area contributed by atoms with Crippen molar-refractivity contribution in [3.8, 4) is 0 Å². The summed E-state index contributed by atoms with van der Waals surface area (Å²) in [4.78, 5) is 9.53. The number of para-hydroxylation sites is 1. The number of rotatable bonds is 3. The van der Waals surface area contributed by atoms with Crippen molar-refractivity contribution >= 4 is 22.4 Å². The zero-order chi connectivity index (χ0) is 13.4. The van der Waals surface area contributed by atoms with Gasteiger partial charge in [-0.2, -0.15) is 4.37 Å². The minimum absolute atomic E-state index is 0.658. The molecular weight excluding hydrogens is 268 g/mol. The van der Waals surface area contributed by atoms with Crippen molar-refractivity contribution in [3.63, 3.8) is 0 Å². The highest BCUT2D eigenvalue weighted by molar-refractivity contribution is 7.09. The Morgan fingerprint density at radius 3 is 2.35 bits per heavy atom. The predicted octanol–water partition coefficient (Wildman–Crippen LogP) is 2.74. The van der Waals surface area contributed by atoms with E-state index < -0.39 is 0 Å². The van der Waals surface area contributed by atoms with Gasteiger partial charge in [0.1, 0.15) is 5.82 Å². The molecule has 1 aromatic heterocycles. The van der Waals surface area contributed by atoms with Crippen molar-refractivity contribution in [1.82, 2.24) is 9.36 Å². The lowest BCUT2D eigenvalue weighted by molar-refractivity contribution is 0.651. The summed E-state index contributed by atoms with van der Waals surface area (Å²) in [7, 11) is 0. The van der Waals surface area contributed by atoms with Crippen molar-refractivity contribution in [2.24, 2.45) is 0 Å². The molecule has 1 aromatic carbocycles. The molecule has 5 heteroatoms. The van der Waals surface area contributed by atoms with E-state index in [2.05, 4.69) is 44.5 Å². The molecule has 0 amide bonds. The van der Waals surface area contributed by atoms with Crippen molar-refractivity contribution in [1.29, 1.82) is 0 Å². The molecule has 0 unspecified atom stereocenters. The molecule has 2 heterocycles. The molecule has 1 aliphatic heterocycles. The van der Waals surface area contributed by atoms with Crippen molar-refractivity contribution < 1.29 is 0 Å². The van der Waals surface area contributed by atoms with Crippen LogP contribution < -0.4 is 9.80 Å². The smallest absolute Gasteiger partial charge is 0.205 e. The first-order valence-electron chi connectivity index (χ1n) is 7.29. The monoisotopic (exact) mass is 286 g/mol. The van der Waals surface area contributed by atoms with Crippen LogP contribution in [0, 0.1) is 0 Å². The third-order valence-electron chi connectivity index (χ3n) is 4.05. The van der Waals surface area contributed by atoms with E-state index in [1.807, 2.05) is 0 Å². The quantitative estimate of drug-likeness (QED) is 0.868. The van der Waals surface area contributed by atoms with Crippen molar-refractivity contribution in [2.75, 3.05) is 36.0 Å². The second-order valence-corrected chi connectivity index (χ2v) is 6.25. The van der Waals surface area contributed by atoms with E-state index in [-0.39, 0.29) is 0 Å². The van der Waals surface area contributed by atoms with Gasteiger partial charge < -0.3 is 9.80 Å². The van der Waals surface area contributed by atoms with Gasteiger partial charge in [0.2, 0.25) is 5.13 Å². The van der Waals surface area contributed by atoms with E-state index in [0.717, 1.165) is 37.1 Å². The highest BCUT2D eigenvalue weighted by Gasteiger charge is 2.29. The Morgan fingerprint density at radius 1 is 0.950 bits per heavy atom. The van der Waals surface area contributed by atoms with E-state index >= 15 is 0 Å². The molecule has 4 rings (SSSR count). The minimum Gasteiger partial charge on any atom is -0.368 e. The van der Waals surface area contributed by atoms with Gasteiger partial charge in [0.25, 0.3) is 0 Å². The summed E-state index contributed by atoms with van der Waals surface area (Å²) in [5.74, 6) is 1.74. The lowest BCUT2D eigenvalue weighted by Gasteiger charge is -2.35. The molecule has 0 atom stereocenters. The molecule has 1 aliphatic carbocycles. The zero-order valence-corrected chi connectivity index (χ0v) is 12.2. The number of benzene rings is 1. The van der Waals surface area contributed by atoms with Crippen LogP contribution in [0.1, 0.15) is 24.6 Å². The van der Waals surface area contributed by atoms with Gasteiger partial charge in [0, 0.05) is 49.3 Å². The number of piperazine rings is 1. The molecule has 0 spiro atoms. The van der Waals surface area contributed by atoms with Gasteiger partial charge in [0.05, 0.1) is 0 Å². The van der Waals surface area contributed by atoms with Crippen LogP contribution in [0.15, 0.2) is 30.3 Å². The van der Waals surface area contributed by atoms with Crippen molar-refractivity contribution in [3.05, 3.63) is 36.2 Å². The number of nitrogens with zero attached hydrogens (tertiary/aromatic N) is 4. The van der Waals surface area contributed by atoms with Gasteiger partial charge in [-0.1, -0.05) is 18.2 Å². The summed E-state index contributed by atoms with van der Waals surface area (Å²) in [5, 5.41) is 1.11. The fourth-order valence-electron chi connectivity index (χ4n) is 2.66. The molecule has 2 aromatic rings. The number of anilines is 2. The maximum absolute atomic E-state index is 4.71. The molecular formula is C15H18N4S. The van der Waals surface area contributed by atoms with Gasteiger partial charge in [-0.25, -0.2) is 4.98 Å². The SMILES string of the molecule is c1ccc(N2CCN(c3nc(C4CC4)ns3)CC2)cc1. The van der Waals surface area contributed by atoms with Crippen LogP contribution in [-0.2, 0) is 0 Å². The highest BCUT2D eigenvalue weighted by atomic mass is 32.1. The molecule has 0 radical (unpaired) electrons. The van der Waals surface area contributed by atoms with Crippen LogP contribution in [0.5, 0.6) is 0 Å². The second-order valence-electron chi connectivity index (χ2n) is 5.52. The summed E-state index contributed by atoms with van der Waals surface area (Å²) < 4.78 is 4.51. The van der Waals surface area contributed by atoms with Gasteiger partial charge in [-0.15, -0.1) is 0 Å². The first kappa shape index (κ1) is 12.1. The molecule has 4 nitrogen and oxygen atoms in total. The molecule has 20 heavy (non-hydrogen) atoms. The maximum Gasteiger partial charge on any atom is 0.205 e. The lowest BCUT2D eigenvalue weighted by atomic mass is 10.2. The van der Waals surface area contributed by atoms with Crippen LogP contribution in [0.2, 0.25) is 0 Å². The molecule has 0 N–H and O–H groups in total. The number of hydrogen-bond acceptors (Lipinski definition) is 5. The zero-order valence-electron chi connectivity index (χ0n) is 11.4. The Labute approximate surface area is 123 Å². The van der Waals surface area contributed by atoms with Crippen LogP contribution >= 0.6 is 11.5 Å². The van der Waals surface area contributed by atoms with Crippen LogP contribution in [0.3, 0.4) is 0 Å². The summed E-state index contributed by atoms with van der Waals surface area (Å²) in [5.41, 5.74) is 1.32. The molecule has 0 bridgehead atoms. The Kier molecular flexibility index (Phi) is 3.07. The minimum atomic E-state index is 0.658. The molecule has 1 saturated heterocycles. The maximum atomic E-state index is 4.71. The van der Waals surface area contributed by atoms with E-state index in [1.54, 1.807) is 11.5 Å². The topological polar surface area (TPSA) is 32.3 Å². The van der Waals surface area contributed by atoms with Gasteiger partial charge >= 0.3 is 0 Å². The average molecular weight is 286 g/mol. The number of aromatic nitrogens is 2. The fourth-order valence-corrected chi connectivity index (χ4v) is 3.45. The summed E-state index contributed by atoms with van der Waals surface area (Å²) >= 11 is 1.57. The summed E-state index contributed by atoms with van der Waals surface area (Å²) in [6.45, 7) is 4.19. The van der Waals surface area contributed by atoms with Crippen molar-refractivity contribution in [2.45, 2.75) is 18.8 Å². The Bertz CT molecular complexity index is 571. The molecule has 104 valence electrons. The van der Waals surface area contributed by atoms with Gasteiger partial charge in [0.15, 0.2) is 0 Å². The fraction of sp³-hybridized carbons (Fsp3) is 0.467. The summed E-state index contributed by atoms with van der Waals surface area (Å²) in [6, 6.07) is 10.7. The summed E-state index contributed by atoms with van der Waals surface area (Å²) in [6.07, 6.45) is 2.55. The van der Waals surface area contributed by atoms with E-state index in [0.29, 0.717) is 5.92 Å². The normalized spacial score (nSPS) is 19.4. The van der Waals surface area contributed by atoms with Gasteiger partial charge in [-0.05, 0) is 25.0 Å². The standard InChI is InChI=1S/C15H18N4S/c1-2-4-13(5-3-1)18-8-10-19(11-9-18)15-16-14(17-20-15)12-6-7-12/h1-5,12H,6-11H2.